The number of fused-ring (bicyclic) bond motifs is 1. The molecule has 2 aliphatic heterocycles. The second-order valence-electron chi connectivity index (χ2n) is 3.80. The van der Waals surface area contributed by atoms with Crippen LogP contribution in [0.4, 0.5) is 0 Å². The molecule has 0 fully saturated rings. The fourth-order valence-corrected chi connectivity index (χ4v) is 3.26. The maximum absolute atomic E-state index is 4.36. The minimum Gasteiger partial charge on any atom is -0.317 e. The van der Waals surface area contributed by atoms with Crippen molar-refractivity contribution in [2.24, 2.45) is 16.1 Å². The van der Waals surface area contributed by atoms with Gasteiger partial charge in [0.25, 0.3) is 0 Å². The van der Waals surface area contributed by atoms with Gasteiger partial charge in [0.1, 0.15) is 0 Å². The normalized spacial score (nSPS) is 27.1. The molecule has 0 spiro atoms. The first-order valence-corrected chi connectivity index (χ1v) is 6.20. The summed E-state index contributed by atoms with van der Waals surface area (Å²) in [7, 11) is 0. The highest BCUT2D eigenvalue weighted by atomic mass is 32.2. The van der Waals surface area contributed by atoms with Crippen molar-refractivity contribution in [2.75, 3.05) is 6.54 Å². The lowest BCUT2D eigenvalue weighted by Gasteiger charge is -2.27. The van der Waals surface area contributed by atoms with Gasteiger partial charge in [-0.15, -0.1) is 5.10 Å². The van der Waals surface area contributed by atoms with E-state index in [4.69, 9.17) is 0 Å². The molecule has 3 nitrogen and oxygen atoms in total. The minimum absolute atomic E-state index is 0.446. The zero-order valence-corrected chi connectivity index (χ0v) is 9.71. The smallest absolute Gasteiger partial charge is 0.195 e. The Morgan fingerprint density at radius 2 is 2.27 bits per heavy atom. The van der Waals surface area contributed by atoms with Crippen LogP contribution in [0.5, 0.6) is 0 Å². The van der Waals surface area contributed by atoms with Gasteiger partial charge in [0.05, 0.1) is 11.4 Å². The van der Waals surface area contributed by atoms with Gasteiger partial charge in [-0.3, -0.25) is 0 Å². The molecule has 0 aromatic heterocycles. The quantitative estimate of drug-likeness (QED) is 0.714. The van der Waals surface area contributed by atoms with Gasteiger partial charge >= 0.3 is 0 Å². The number of thioether (sulfide) groups is 1. The van der Waals surface area contributed by atoms with Crippen LogP contribution in [0, 0.1) is 5.92 Å². The van der Waals surface area contributed by atoms with Crippen molar-refractivity contribution >= 4 is 22.6 Å². The third kappa shape index (κ3) is 1.14. The highest BCUT2D eigenvalue weighted by molar-refractivity contribution is 8.17. The molecular weight excluding hydrogens is 206 g/mol. The monoisotopic (exact) mass is 219 g/mol. The van der Waals surface area contributed by atoms with Gasteiger partial charge in [0, 0.05) is 17.4 Å². The fraction of sp³-hybridized carbons (Fsp3) is 0.455. The van der Waals surface area contributed by atoms with E-state index in [1.807, 2.05) is 0 Å². The van der Waals surface area contributed by atoms with Gasteiger partial charge in [-0.25, -0.2) is 0 Å². The van der Waals surface area contributed by atoms with E-state index in [2.05, 4.69) is 41.1 Å². The maximum Gasteiger partial charge on any atom is 0.195 e. The molecule has 0 radical (unpaired) electrons. The van der Waals surface area contributed by atoms with Gasteiger partial charge in [0.15, 0.2) is 5.17 Å². The van der Waals surface area contributed by atoms with E-state index < -0.39 is 0 Å². The maximum atomic E-state index is 4.36. The lowest BCUT2D eigenvalue weighted by Crippen LogP contribution is -2.34. The number of allylic oxidation sites excluding steroid dienone is 3. The van der Waals surface area contributed by atoms with Crippen LogP contribution in [0.1, 0.15) is 20.3 Å². The number of nitrogens with zero attached hydrogens (tertiary/aromatic N) is 3. The molecule has 2 heterocycles. The molecule has 0 amide bonds. The Kier molecular flexibility index (Phi) is 1.99. The van der Waals surface area contributed by atoms with Crippen LogP contribution in [0.25, 0.3) is 0 Å². The summed E-state index contributed by atoms with van der Waals surface area (Å²) in [6.07, 6.45) is 5.57. The number of rotatable bonds is 2. The summed E-state index contributed by atoms with van der Waals surface area (Å²) in [4.78, 5) is 3.59. The van der Waals surface area contributed by atoms with Crippen LogP contribution in [0.15, 0.2) is 33.0 Å². The Labute approximate surface area is 93.6 Å². The summed E-state index contributed by atoms with van der Waals surface area (Å²) >= 11 is 1.74. The SMILES string of the molecule is CCC1C=CC2=C3C1=NN=C(S2)N3CC. The van der Waals surface area contributed by atoms with Crippen LogP contribution >= 0.6 is 11.8 Å². The van der Waals surface area contributed by atoms with Crippen molar-refractivity contribution in [3.05, 3.63) is 22.8 Å². The van der Waals surface area contributed by atoms with E-state index in [-0.39, 0.29) is 0 Å². The second-order valence-corrected chi connectivity index (χ2v) is 4.81. The molecule has 4 heteroatoms. The summed E-state index contributed by atoms with van der Waals surface area (Å²) in [5.74, 6) is 0.446. The van der Waals surface area contributed by atoms with Gasteiger partial charge in [-0.1, -0.05) is 13.0 Å². The van der Waals surface area contributed by atoms with Crippen LogP contribution < -0.4 is 0 Å². The summed E-state index contributed by atoms with van der Waals surface area (Å²) in [6.45, 7) is 5.34. The van der Waals surface area contributed by atoms with Crippen molar-refractivity contribution in [1.82, 2.24) is 4.90 Å². The standard InChI is InChI=1S/C11H13N3S/c1-3-7-5-6-8-10-9(7)12-13-11(15-8)14(10)4-2/h5-7H,3-4H2,1-2H3. The molecule has 1 aliphatic carbocycles. The third-order valence-corrected chi connectivity index (χ3v) is 4.04. The van der Waals surface area contributed by atoms with E-state index in [1.54, 1.807) is 11.8 Å². The average Bonchev–Trinajstić information content (AvgIpc) is 2.58. The van der Waals surface area contributed by atoms with Crippen LogP contribution in [0.2, 0.25) is 0 Å². The molecule has 0 aromatic carbocycles. The first-order chi connectivity index (χ1) is 7.35. The Balaban J connectivity index is 2.12. The van der Waals surface area contributed by atoms with E-state index >= 15 is 0 Å². The zero-order valence-electron chi connectivity index (χ0n) is 8.90. The first kappa shape index (κ1) is 9.21. The molecule has 78 valence electrons. The zero-order chi connectivity index (χ0) is 10.4. The lowest BCUT2D eigenvalue weighted by atomic mass is 9.92. The highest BCUT2D eigenvalue weighted by Crippen LogP contribution is 2.42. The Morgan fingerprint density at radius 1 is 1.40 bits per heavy atom. The molecule has 0 N–H and O–H groups in total. The molecule has 2 bridgehead atoms. The van der Waals surface area contributed by atoms with Crippen LogP contribution in [-0.2, 0) is 0 Å². The van der Waals surface area contributed by atoms with Crippen molar-refractivity contribution in [3.8, 4) is 0 Å². The predicted molar refractivity (Wildman–Crippen MR) is 64.8 cm³/mol. The van der Waals surface area contributed by atoms with Gasteiger partial charge in [-0.05, 0) is 31.2 Å². The molecule has 15 heavy (non-hydrogen) atoms. The lowest BCUT2D eigenvalue weighted by molar-refractivity contribution is 0.561. The third-order valence-electron chi connectivity index (χ3n) is 3.01. The first-order valence-electron chi connectivity index (χ1n) is 5.39. The van der Waals surface area contributed by atoms with E-state index in [1.165, 1.54) is 10.6 Å². The minimum atomic E-state index is 0.446. The summed E-state index contributed by atoms with van der Waals surface area (Å²) in [6, 6.07) is 0. The second kappa shape index (κ2) is 3.23. The summed E-state index contributed by atoms with van der Waals surface area (Å²) < 4.78 is 0. The summed E-state index contributed by atoms with van der Waals surface area (Å²) in [5, 5.41) is 9.69. The van der Waals surface area contributed by atoms with Gasteiger partial charge in [-0.2, -0.15) is 5.10 Å². The average molecular weight is 219 g/mol. The van der Waals surface area contributed by atoms with E-state index in [9.17, 15) is 0 Å². The Bertz CT molecular complexity index is 431. The summed E-state index contributed by atoms with van der Waals surface area (Å²) in [5.41, 5.74) is 2.47. The number of hydrogen-bond donors (Lipinski definition) is 0. The van der Waals surface area contributed by atoms with Crippen molar-refractivity contribution in [3.63, 3.8) is 0 Å². The van der Waals surface area contributed by atoms with Gasteiger partial charge in [0.2, 0.25) is 0 Å². The van der Waals surface area contributed by atoms with Crippen LogP contribution in [-0.4, -0.2) is 22.3 Å². The van der Waals surface area contributed by atoms with E-state index in [0.29, 0.717) is 5.92 Å². The number of hydrogen-bond acceptors (Lipinski definition) is 4. The number of amidine groups is 1. The van der Waals surface area contributed by atoms with Gasteiger partial charge < -0.3 is 4.90 Å². The molecule has 1 atom stereocenters. The highest BCUT2D eigenvalue weighted by Gasteiger charge is 2.37. The fourth-order valence-electron chi connectivity index (χ4n) is 2.19. The molecule has 0 saturated carbocycles. The van der Waals surface area contributed by atoms with E-state index in [0.717, 1.165) is 23.8 Å². The molecule has 3 rings (SSSR count). The van der Waals surface area contributed by atoms with Crippen LogP contribution in [0.3, 0.4) is 0 Å². The molecule has 0 saturated heterocycles. The predicted octanol–water partition coefficient (Wildman–Crippen LogP) is 2.59. The van der Waals surface area contributed by atoms with Crippen molar-refractivity contribution in [2.45, 2.75) is 20.3 Å². The molecule has 3 aliphatic rings. The molecule has 0 aromatic rings. The largest absolute Gasteiger partial charge is 0.317 e. The molecule has 1 unspecified atom stereocenters. The van der Waals surface area contributed by atoms with Crippen molar-refractivity contribution < 1.29 is 0 Å². The van der Waals surface area contributed by atoms with Crippen molar-refractivity contribution in [1.29, 1.82) is 0 Å². The topological polar surface area (TPSA) is 28.0 Å². The Morgan fingerprint density at radius 3 is 3.00 bits per heavy atom. The Hall–Kier alpha value is -1.03. The molecular formula is C11H13N3S.